The van der Waals surface area contributed by atoms with E-state index in [9.17, 15) is 22.0 Å². The van der Waals surface area contributed by atoms with Gasteiger partial charge < -0.3 is 10.5 Å². The molecule has 2 aromatic carbocycles. The summed E-state index contributed by atoms with van der Waals surface area (Å²) < 4.78 is 70.9. The third kappa shape index (κ3) is 2.76. The average molecular weight is 303 g/mol. The molecule has 2 rings (SSSR count). The topological polar surface area (TPSA) is 35.2 Å². The van der Waals surface area contributed by atoms with Crippen LogP contribution in [0.1, 0.15) is 11.1 Å². The summed E-state index contributed by atoms with van der Waals surface area (Å²) >= 11 is 0. The molecule has 0 fully saturated rings. The second kappa shape index (κ2) is 5.59. The van der Waals surface area contributed by atoms with Gasteiger partial charge in [0.2, 0.25) is 5.82 Å². The molecule has 0 aromatic heterocycles. The van der Waals surface area contributed by atoms with Crippen LogP contribution in [0.4, 0.5) is 27.6 Å². The largest absolute Gasteiger partial charge is 0.488 e. The van der Waals surface area contributed by atoms with Crippen LogP contribution >= 0.6 is 0 Å². The van der Waals surface area contributed by atoms with E-state index < -0.39 is 41.3 Å². The summed E-state index contributed by atoms with van der Waals surface area (Å²) in [5, 5.41) is 0. The van der Waals surface area contributed by atoms with E-state index in [0.717, 1.165) is 0 Å². The first-order valence-electron chi connectivity index (χ1n) is 5.82. The SMILES string of the molecule is Cc1cc(N)ccc1OCc1c(F)c(F)c(F)c(F)c1F. The first kappa shape index (κ1) is 15.1. The van der Waals surface area contributed by atoms with E-state index in [0.29, 0.717) is 11.3 Å². The summed E-state index contributed by atoms with van der Waals surface area (Å²) in [4.78, 5) is 0. The molecule has 7 heteroatoms. The number of ether oxygens (including phenoxy) is 1. The van der Waals surface area contributed by atoms with Crippen molar-refractivity contribution >= 4 is 5.69 Å². The van der Waals surface area contributed by atoms with E-state index in [1.807, 2.05) is 0 Å². The molecule has 0 aliphatic rings. The van der Waals surface area contributed by atoms with Crippen molar-refractivity contribution in [3.63, 3.8) is 0 Å². The highest BCUT2D eigenvalue weighted by molar-refractivity contribution is 5.47. The number of anilines is 1. The fraction of sp³-hybridized carbons (Fsp3) is 0.143. The molecular formula is C14H10F5NO. The predicted octanol–water partition coefficient (Wildman–Crippen LogP) is 3.85. The maximum Gasteiger partial charge on any atom is 0.200 e. The molecule has 2 N–H and O–H groups in total. The molecule has 0 atom stereocenters. The summed E-state index contributed by atoms with van der Waals surface area (Å²) in [6.45, 7) is 0.834. The summed E-state index contributed by atoms with van der Waals surface area (Å²) in [6.07, 6.45) is 0. The smallest absolute Gasteiger partial charge is 0.200 e. The van der Waals surface area contributed by atoms with E-state index >= 15 is 0 Å². The maximum atomic E-state index is 13.4. The van der Waals surface area contributed by atoms with Crippen LogP contribution in [0.5, 0.6) is 5.75 Å². The standard InChI is InChI=1S/C14H10F5NO/c1-6-4-7(20)2-3-9(6)21-5-8-10(15)12(17)14(19)13(18)11(8)16/h2-4H,5,20H2,1H3. The van der Waals surface area contributed by atoms with Gasteiger partial charge in [0.1, 0.15) is 12.4 Å². The van der Waals surface area contributed by atoms with Gasteiger partial charge in [0.05, 0.1) is 5.56 Å². The Morgan fingerprint density at radius 2 is 1.43 bits per heavy atom. The fourth-order valence-electron chi connectivity index (χ4n) is 1.76. The van der Waals surface area contributed by atoms with Gasteiger partial charge in [-0.1, -0.05) is 0 Å². The molecule has 0 saturated heterocycles. The maximum absolute atomic E-state index is 13.4. The lowest BCUT2D eigenvalue weighted by Crippen LogP contribution is -2.10. The minimum atomic E-state index is -2.20. The van der Waals surface area contributed by atoms with Gasteiger partial charge in [-0.2, -0.15) is 0 Å². The molecule has 0 amide bonds. The molecule has 2 aromatic rings. The number of aryl methyl sites for hydroxylation is 1. The highest BCUT2D eigenvalue weighted by Crippen LogP contribution is 2.26. The zero-order valence-corrected chi connectivity index (χ0v) is 10.8. The number of hydrogen-bond acceptors (Lipinski definition) is 2. The predicted molar refractivity (Wildman–Crippen MR) is 66.2 cm³/mol. The Morgan fingerprint density at radius 1 is 0.905 bits per heavy atom. The second-order valence-corrected chi connectivity index (χ2v) is 4.36. The van der Waals surface area contributed by atoms with Crippen molar-refractivity contribution < 1.29 is 26.7 Å². The van der Waals surface area contributed by atoms with Crippen LogP contribution in [0.2, 0.25) is 0 Å². The summed E-state index contributed by atoms with van der Waals surface area (Å²) in [5.74, 6) is -9.77. The highest BCUT2D eigenvalue weighted by Gasteiger charge is 2.25. The van der Waals surface area contributed by atoms with Crippen LogP contribution in [0.25, 0.3) is 0 Å². The molecule has 0 saturated carbocycles. The van der Waals surface area contributed by atoms with Crippen molar-refractivity contribution in [1.29, 1.82) is 0 Å². The van der Waals surface area contributed by atoms with E-state index in [-0.39, 0.29) is 5.75 Å². The van der Waals surface area contributed by atoms with Crippen molar-refractivity contribution in [3.05, 3.63) is 58.4 Å². The third-order valence-electron chi connectivity index (χ3n) is 2.87. The van der Waals surface area contributed by atoms with Crippen LogP contribution in [0, 0.1) is 36.0 Å². The van der Waals surface area contributed by atoms with Crippen molar-refractivity contribution in [2.45, 2.75) is 13.5 Å². The molecule has 21 heavy (non-hydrogen) atoms. The first-order valence-corrected chi connectivity index (χ1v) is 5.82. The number of nitrogens with two attached hydrogens (primary N) is 1. The normalized spacial score (nSPS) is 10.8. The molecule has 0 unspecified atom stereocenters. The van der Waals surface area contributed by atoms with Gasteiger partial charge in [0.15, 0.2) is 23.3 Å². The average Bonchev–Trinajstić information content (AvgIpc) is 2.45. The minimum Gasteiger partial charge on any atom is -0.488 e. The highest BCUT2D eigenvalue weighted by atomic mass is 19.2. The molecule has 112 valence electrons. The Balaban J connectivity index is 2.32. The monoisotopic (exact) mass is 303 g/mol. The zero-order valence-electron chi connectivity index (χ0n) is 10.8. The second-order valence-electron chi connectivity index (χ2n) is 4.36. The number of nitrogen functional groups attached to an aromatic ring is 1. The van der Waals surface area contributed by atoms with Gasteiger partial charge in [0, 0.05) is 5.69 Å². The van der Waals surface area contributed by atoms with Crippen LogP contribution in [-0.2, 0) is 6.61 Å². The molecule has 0 bridgehead atoms. The molecular weight excluding hydrogens is 293 g/mol. The van der Waals surface area contributed by atoms with Crippen LogP contribution in [0.15, 0.2) is 18.2 Å². The Morgan fingerprint density at radius 3 is 1.95 bits per heavy atom. The van der Waals surface area contributed by atoms with Crippen LogP contribution in [0.3, 0.4) is 0 Å². The van der Waals surface area contributed by atoms with E-state index in [2.05, 4.69) is 0 Å². The van der Waals surface area contributed by atoms with Gasteiger partial charge >= 0.3 is 0 Å². The van der Waals surface area contributed by atoms with Crippen molar-refractivity contribution in [3.8, 4) is 5.75 Å². The first-order chi connectivity index (χ1) is 9.82. The van der Waals surface area contributed by atoms with Gasteiger partial charge in [-0.25, -0.2) is 22.0 Å². The van der Waals surface area contributed by atoms with E-state index in [4.69, 9.17) is 10.5 Å². The van der Waals surface area contributed by atoms with Gasteiger partial charge in [-0.15, -0.1) is 0 Å². The molecule has 0 radical (unpaired) electrons. The third-order valence-corrected chi connectivity index (χ3v) is 2.87. The van der Waals surface area contributed by atoms with Gasteiger partial charge in [-0.05, 0) is 30.7 Å². The Kier molecular flexibility index (Phi) is 4.02. The number of halogens is 5. The van der Waals surface area contributed by atoms with E-state index in [1.54, 1.807) is 13.0 Å². The number of benzene rings is 2. The Labute approximate surface area is 116 Å². The molecule has 2 nitrogen and oxygen atoms in total. The molecule has 0 aliphatic carbocycles. The number of rotatable bonds is 3. The molecule has 0 heterocycles. The lowest BCUT2D eigenvalue weighted by atomic mass is 10.1. The summed E-state index contributed by atoms with van der Waals surface area (Å²) in [5.41, 5.74) is 5.52. The fourth-order valence-corrected chi connectivity index (χ4v) is 1.76. The van der Waals surface area contributed by atoms with Crippen LogP contribution in [-0.4, -0.2) is 0 Å². The summed E-state index contributed by atoms with van der Waals surface area (Å²) in [6, 6.07) is 4.48. The molecule has 0 aliphatic heterocycles. The lowest BCUT2D eigenvalue weighted by Gasteiger charge is -2.12. The Bertz CT molecular complexity index is 673. The van der Waals surface area contributed by atoms with Gasteiger partial charge in [0.25, 0.3) is 0 Å². The van der Waals surface area contributed by atoms with Gasteiger partial charge in [-0.3, -0.25) is 0 Å². The zero-order chi connectivity index (χ0) is 15.7. The lowest BCUT2D eigenvalue weighted by molar-refractivity contribution is 0.278. The van der Waals surface area contributed by atoms with Crippen molar-refractivity contribution in [1.82, 2.24) is 0 Å². The van der Waals surface area contributed by atoms with Crippen molar-refractivity contribution in [2.24, 2.45) is 0 Å². The van der Waals surface area contributed by atoms with E-state index in [1.165, 1.54) is 12.1 Å². The van der Waals surface area contributed by atoms with Crippen molar-refractivity contribution in [2.75, 3.05) is 5.73 Å². The van der Waals surface area contributed by atoms with Crippen LogP contribution < -0.4 is 10.5 Å². The quantitative estimate of drug-likeness (QED) is 0.404. The molecule has 0 spiro atoms. The number of hydrogen-bond donors (Lipinski definition) is 1. The summed E-state index contributed by atoms with van der Waals surface area (Å²) in [7, 11) is 0. The minimum absolute atomic E-state index is 0.230. The Hall–Kier alpha value is -2.31.